The third-order valence-corrected chi connectivity index (χ3v) is 6.26. The number of amides is 1. The third kappa shape index (κ3) is 5.64. The zero-order valence-electron chi connectivity index (χ0n) is 19.0. The van der Waals surface area contributed by atoms with Gasteiger partial charge >= 0.3 is 0 Å². The van der Waals surface area contributed by atoms with Crippen molar-refractivity contribution in [2.45, 2.75) is 38.8 Å². The highest BCUT2D eigenvalue weighted by molar-refractivity contribution is 7.92. The molecule has 8 nitrogen and oxygen atoms in total. The molecule has 0 bridgehead atoms. The summed E-state index contributed by atoms with van der Waals surface area (Å²) in [4.78, 5) is 13.0. The van der Waals surface area contributed by atoms with Crippen molar-refractivity contribution in [1.82, 2.24) is 5.32 Å². The monoisotopic (exact) mass is 462 g/mol. The standard InChI is InChI=1S/C23H30N2O6S/c1-6-30-18-9-7-8-16(12-18)25(32(5,27)28)15-22(26)24-20-14-23(2,3)31-21-13-17(29-4)10-11-19(20)21/h7-13,20H,6,14-15H2,1-5H3,(H,24,26). The summed E-state index contributed by atoms with van der Waals surface area (Å²) >= 11 is 0. The Balaban J connectivity index is 1.83. The molecule has 0 saturated heterocycles. The molecule has 0 aromatic heterocycles. The molecule has 2 aromatic carbocycles. The largest absolute Gasteiger partial charge is 0.497 e. The molecular formula is C23H30N2O6S. The van der Waals surface area contributed by atoms with Crippen molar-refractivity contribution in [3.63, 3.8) is 0 Å². The smallest absolute Gasteiger partial charge is 0.241 e. The van der Waals surface area contributed by atoms with Crippen LogP contribution in [-0.4, -0.2) is 46.4 Å². The summed E-state index contributed by atoms with van der Waals surface area (Å²) in [5, 5.41) is 2.98. The van der Waals surface area contributed by atoms with Crippen LogP contribution < -0.4 is 23.8 Å². The van der Waals surface area contributed by atoms with Crippen molar-refractivity contribution in [1.29, 1.82) is 0 Å². The Morgan fingerprint density at radius 3 is 2.62 bits per heavy atom. The number of ether oxygens (including phenoxy) is 3. The molecule has 0 saturated carbocycles. The maximum Gasteiger partial charge on any atom is 0.241 e. The fourth-order valence-corrected chi connectivity index (χ4v) is 4.60. The van der Waals surface area contributed by atoms with Gasteiger partial charge in [0.1, 0.15) is 29.4 Å². The number of anilines is 1. The first-order valence-corrected chi connectivity index (χ1v) is 12.2. The van der Waals surface area contributed by atoms with E-state index in [1.807, 2.05) is 32.9 Å². The van der Waals surface area contributed by atoms with Crippen molar-refractivity contribution < 1.29 is 27.4 Å². The van der Waals surface area contributed by atoms with Crippen LogP contribution >= 0.6 is 0 Å². The molecule has 1 aliphatic rings. The molecule has 1 heterocycles. The van der Waals surface area contributed by atoms with Crippen LogP contribution in [-0.2, 0) is 14.8 Å². The number of carbonyl (C=O) groups is 1. The number of methoxy groups -OCH3 is 1. The normalized spacial score (nSPS) is 17.0. The number of benzene rings is 2. The van der Waals surface area contributed by atoms with Crippen molar-refractivity contribution >= 4 is 21.6 Å². The SMILES string of the molecule is CCOc1cccc(N(CC(=O)NC2CC(C)(C)Oc3cc(OC)ccc32)S(C)(=O)=O)c1. The van der Waals surface area contributed by atoms with E-state index in [9.17, 15) is 13.2 Å². The van der Waals surface area contributed by atoms with Gasteiger partial charge in [-0.05, 0) is 45.0 Å². The highest BCUT2D eigenvalue weighted by atomic mass is 32.2. The van der Waals surface area contributed by atoms with Crippen molar-refractivity contribution in [3.05, 3.63) is 48.0 Å². The highest BCUT2D eigenvalue weighted by Crippen LogP contribution is 2.41. The minimum Gasteiger partial charge on any atom is -0.497 e. The number of hydrogen-bond acceptors (Lipinski definition) is 6. The number of nitrogens with zero attached hydrogens (tertiary/aromatic N) is 1. The van der Waals surface area contributed by atoms with Crippen LogP contribution in [0, 0.1) is 0 Å². The quantitative estimate of drug-likeness (QED) is 0.647. The first-order valence-electron chi connectivity index (χ1n) is 10.4. The Bertz CT molecular complexity index is 1080. The van der Waals surface area contributed by atoms with E-state index in [2.05, 4.69) is 5.32 Å². The summed E-state index contributed by atoms with van der Waals surface area (Å²) < 4.78 is 42.8. The predicted octanol–water partition coefficient (Wildman–Crippen LogP) is 3.28. The Kier molecular flexibility index (Phi) is 6.88. The lowest BCUT2D eigenvalue weighted by Gasteiger charge is -2.38. The van der Waals surface area contributed by atoms with Gasteiger partial charge in [-0.15, -0.1) is 0 Å². The second kappa shape index (κ2) is 9.28. The van der Waals surface area contributed by atoms with Gasteiger partial charge < -0.3 is 19.5 Å². The third-order valence-electron chi connectivity index (χ3n) is 5.12. The first-order chi connectivity index (χ1) is 15.0. The number of nitrogens with one attached hydrogen (secondary N) is 1. The van der Waals surface area contributed by atoms with Crippen LogP contribution in [0.1, 0.15) is 38.8 Å². The van der Waals surface area contributed by atoms with Crippen LogP contribution in [0.2, 0.25) is 0 Å². The lowest BCUT2D eigenvalue weighted by molar-refractivity contribution is -0.120. The Morgan fingerprint density at radius 1 is 1.22 bits per heavy atom. The van der Waals surface area contributed by atoms with Crippen molar-refractivity contribution in [3.8, 4) is 17.2 Å². The van der Waals surface area contributed by atoms with Crippen molar-refractivity contribution in [2.24, 2.45) is 0 Å². The van der Waals surface area contributed by atoms with Gasteiger partial charge in [0, 0.05) is 24.1 Å². The average molecular weight is 463 g/mol. The second-order valence-electron chi connectivity index (χ2n) is 8.29. The van der Waals surface area contributed by atoms with E-state index in [1.54, 1.807) is 37.4 Å². The molecule has 2 aromatic rings. The summed E-state index contributed by atoms with van der Waals surface area (Å²) in [6, 6.07) is 11.8. The van der Waals surface area contributed by atoms with Gasteiger partial charge in [0.15, 0.2) is 0 Å². The number of sulfonamides is 1. The van der Waals surface area contributed by atoms with Crippen LogP contribution in [0.5, 0.6) is 17.2 Å². The van der Waals surface area contributed by atoms with Crippen molar-refractivity contribution in [2.75, 3.05) is 30.8 Å². The van der Waals surface area contributed by atoms with E-state index < -0.39 is 21.5 Å². The van der Waals surface area contributed by atoms with E-state index in [0.717, 1.165) is 16.1 Å². The van der Waals surface area contributed by atoms with Gasteiger partial charge in [-0.2, -0.15) is 0 Å². The van der Waals surface area contributed by atoms with Gasteiger partial charge in [-0.3, -0.25) is 9.10 Å². The Labute approximate surface area is 189 Å². The Hall–Kier alpha value is -2.94. The maximum absolute atomic E-state index is 13.0. The molecule has 32 heavy (non-hydrogen) atoms. The fraction of sp³-hybridized carbons (Fsp3) is 0.435. The van der Waals surface area contributed by atoms with Gasteiger partial charge in [-0.1, -0.05) is 6.07 Å². The van der Waals surface area contributed by atoms with Crippen LogP contribution in [0.3, 0.4) is 0 Å². The minimum atomic E-state index is -3.70. The topological polar surface area (TPSA) is 94.2 Å². The molecule has 1 atom stereocenters. The molecule has 0 aliphatic carbocycles. The lowest BCUT2D eigenvalue weighted by atomic mass is 9.89. The minimum absolute atomic E-state index is 0.330. The molecule has 9 heteroatoms. The molecule has 3 rings (SSSR count). The van der Waals surface area contributed by atoms with Gasteiger partial charge in [0.2, 0.25) is 15.9 Å². The zero-order valence-corrected chi connectivity index (χ0v) is 19.9. The molecule has 1 N–H and O–H groups in total. The summed E-state index contributed by atoms with van der Waals surface area (Å²) in [7, 11) is -2.12. The molecule has 0 radical (unpaired) electrons. The van der Waals surface area contributed by atoms with E-state index in [4.69, 9.17) is 14.2 Å². The Morgan fingerprint density at radius 2 is 1.97 bits per heavy atom. The summed E-state index contributed by atoms with van der Waals surface area (Å²) in [6.07, 6.45) is 1.61. The van der Waals surface area contributed by atoms with Crippen LogP contribution in [0.15, 0.2) is 42.5 Å². The van der Waals surface area contributed by atoms with Gasteiger partial charge in [0.25, 0.3) is 0 Å². The highest BCUT2D eigenvalue weighted by Gasteiger charge is 2.35. The number of hydrogen-bond donors (Lipinski definition) is 1. The van der Waals surface area contributed by atoms with E-state index in [1.165, 1.54) is 0 Å². The lowest BCUT2D eigenvalue weighted by Crippen LogP contribution is -2.45. The molecular weight excluding hydrogens is 432 g/mol. The molecule has 1 unspecified atom stereocenters. The number of rotatable bonds is 8. The zero-order chi connectivity index (χ0) is 23.5. The fourth-order valence-electron chi connectivity index (χ4n) is 3.75. The molecule has 1 aliphatic heterocycles. The summed E-state index contributed by atoms with van der Waals surface area (Å²) in [6.45, 7) is 5.83. The first kappa shape index (κ1) is 23.7. The molecule has 174 valence electrons. The van der Waals surface area contributed by atoms with E-state index >= 15 is 0 Å². The van der Waals surface area contributed by atoms with Crippen LogP contribution in [0.4, 0.5) is 5.69 Å². The number of fused-ring (bicyclic) bond motifs is 1. The van der Waals surface area contributed by atoms with E-state index in [-0.39, 0.29) is 12.6 Å². The molecule has 1 amide bonds. The summed E-state index contributed by atoms with van der Waals surface area (Å²) in [5.74, 6) is 1.41. The van der Waals surface area contributed by atoms with Gasteiger partial charge in [0.05, 0.1) is 31.7 Å². The summed E-state index contributed by atoms with van der Waals surface area (Å²) in [5.41, 5.74) is 0.674. The van der Waals surface area contributed by atoms with Crippen LogP contribution in [0.25, 0.3) is 0 Å². The molecule has 0 fully saturated rings. The van der Waals surface area contributed by atoms with E-state index in [0.29, 0.717) is 36.0 Å². The maximum atomic E-state index is 13.0. The number of carbonyl (C=O) groups excluding carboxylic acids is 1. The molecule has 0 spiro atoms. The average Bonchev–Trinajstić information content (AvgIpc) is 2.70. The predicted molar refractivity (Wildman–Crippen MR) is 123 cm³/mol. The second-order valence-corrected chi connectivity index (χ2v) is 10.2. The van der Waals surface area contributed by atoms with Gasteiger partial charge in [-0.25, -0.2) is 8.42 Å².